The van der Waals surface area contributed by atoms with Crippen molar-refractivity contribution in [3.05, 3.63) is 23.3 Å². The minimum Gasteiger partial charge on any atom is -0.397 e. The molecule has 0 radical (unpaired) electrons. The topological polar surface area (TPSA) is 68.0 Å². The highest BCUT2D eigenvalue weighted by Gasteiger charge is 2.21. The first-order valence-electron chi connectivity index (χ1n) is 7.32. The monoisotopic (exact) mass is 305 g/mol. The standard InChI is InChI=1S/C16H23N3OS/c1-9(2)12(10(3)4)7-19-16(20)15-14(17)11-5-6-18-8-13(11)21-15/h5-6,8-10,12H,7,17H2,1-4H3,(H,19,20). The van der Waals surface area contributed by atoms with Crippen molar-refractivity contribution in [2.45, 2.75) is 27.7 Å². The molecule has 4 nitrogen and oxygen atoms in total. The van der Waals surface area contributed by atoms with Gasteiger partial charge in [0.2, 0.25) is 0 Å². The van der Waals surface area contributed by atoms with Gasteiger partial charge >= 0.3 is 0 Å². The average Bonchev–Trinajstić information content (AvgIpc) is 2.76. The van der Waals surface area contributed by atoms with E-state index >= 15 is 0 Å². The van der Waals surface area contributed by atoms with Gasteiger partial charge in [0.15, 0.2) is 0 Å². The third-order valence-electron chi connectivity index (χ3n) is 3.95. The number of hydrogen-bond acceptors (Lipinski definition) is 4. The number of aromatic nitrogens is 1. The lowest BCUT2D eigenvalue weighted by atomic mass is 9.85. The van der Waals surface area contributed by atoms with Crippen molar-refractivity contribution in [2.75, 3.05) is 12.3 Å². The van der Waals surface area contributed by atoms with Crippen LogP contribution in [0.25, 0.3) is 10.1 Å². The Morgan fingerprint density at radius 1 is 1.33 bits per heavy atom. The van der Waals surface area contributed by atoms with Gasteiger partial charge in [-0.3, -0.25) is 9.78 Å². The van der Waals surface area contributed by atoms with Gasteiger partial charge in [-0.05, 0) is 23.8 Å². The molecule has 0 aromatic carbocycles. The van der Waals surface area contributed by atoms with Crippen LogP contribution in [0.3, 0.4) is 0 Å². The number of amides is 1. The van der Waals surface area contributed by atoms with Crippen LogP contribution in [0.5, 0.6) is 0 Å². The summed E-state index contributed by atoms with van der Waals surface area (Å²) in [6, 6.07) is 1.85. The zero-order valence-electron chi connectivity index (χ0n) is 13.0. The Balaban J connectivity index is 2.14. The van der Waals surface area contributed by atoms with Crippen LogP contribution in [-0.4, -0.2) is 17.4 Å². The summed E-state index contributed by atoms with van der Waals surface area (Å²) in [7, 11) is 0. The van der Waals surface area contributed by atoms with Crippen LogP contribution in [0.2, 0.25) is 0 Å². The van der Waals surface area contributed by atoms with Gasteiger partial charge in [0, 0.05) is 24.3 Å². The molecule has 5 heteroatoms. The molecule has 1 amide bonds. The lowest BCUT2D eigenvalue weighted by Crippen LogP contribution is -2.33. The molecule has 0 spiro atoms. The summed E-state index contributed by atoms with van der Waals surface area (Å²) < 4.78 is 0.949. The predicted molar refractivity (Wildman–Crippen MR) is 89.5 cm³/mol. The van der Waals surface area contributed by atoms with E-state index in [1.165, 1.54) is 11.3 Å². The molecule has 0 atom stereocenters. The molecule has 21 heavy (non-hydrogen) atoms. The van der Waals surface area contributed by atoms with E-state index in [0.717, 1.165) is 10.1 Å². The van der Waals surface area contributed by atoms with E-state index in [2.05, 4.69) is 38.0 Å². The normalized spacial score (nSPS) is 11.8. The van der Waals surface area contributed by atoms with Crippen LogP contribution in [0.1, 0.15) is 37.4 Å². The summed E-state index contributed by atoms with van der Waals surface area (Å²) >= 11 is 1.40. The number of nitrogens with one attached hydrogen (secondary N) is 1. The minimum absolute atomic E-state index is 0.0833. The van der Waals surface area contributed by atoms with Gasteiger partial charge in [-0.15, -0.1) is 11.3 Å². The van der Waals surface area contributed by atoms with Gasteiger partial charge in [-0.2, -0.15) is 0 Å². The Morgan fingerprint density at radius 2 is 2.00 bits per heavy atom. The Bertz CT molecular complexity index is 625. The highest BCUT2D eigenvalue weighted by atomic mass is 32.1. The zero-order valence-corrected chi connectivity index (χ0v) is 13.8. The van der Waals surface area contributed by atoms with Crippen molar-refractivity contribution >= 4 is 33.0 Å². The fraction of sp³-hybridized carbons (Fsp3) is 0.500. The molecular weight excluding hydrogens is 282 g/mol. The second kappa shape index (κ2) is 6.43. The van der Waals surface area contributed by atoms with Gasteiger partial charge in [0.25, 0.3) is 5.91 Å². The Kier molecular flexibility index (Phi) is 4.83. The van der Waals surface area contributed by atoms with Gasteiger partial charge in [0.1, 0.15) is 4.88 Å². The minimum atomic E-state index is -0.0833. The molecule has 2 aromatic heterocycles. The van der Waals surface area contributed by atoms with Gasteiger partial charge in [0.05, 0.1) is 10.4 Å². The molecule has 0 aliphatic carbocycles. The van der Waals surface area contributed by atoms with Crippen LogP contribution in [0, 0.1) is 17.8 Å². The number of rotatable bonds is 5. The SMILES string of the molecule is CC(C)C(CNC(=O)c1sc2cnccc2c1N)C(C)C. The average molecular weight is 305 g/mol. The second-order valence-electron chi connectivity index (χ2n) is 6.08. The van der Waals surface area contributed by atoms with E-state index in [1.54, 1.807) is 12.4 Å². The number of carbonyl (C=O) groups is 1. The van der Waals surface area contributed by atoms with Crippen molar-refractivity contribution in [3.8, 4) is 0 Å². The number of pyridine rings is 1. The highest BCUT2D eigenvalue weighted by molar-refractivity contribution is 7.21. The van der Waals surface area contributed by atoms with E-state index < -0.39 is 0 Å². The van der Waals surface area contributed by atoms with Crippen molar-refractivity contribution < 1.29 is 4.79 Å². The van der Waals surface area contributed by atoms with Crippen molar-refractivity contribution in [1.29, 1.82) is 0 Å². The van der Waals surface area contributed by atoms with Crippen molar-refractivity contribution in [1.82, 2.24) is 10.3 Å². The molecule has 2 rings (SSSR count). The first kappa shape index (κ1) is 15.8. The lowest BCUT2D eigenvalue weighted by Gasteiger charge is -2.24. The third kappa shape index (κ3) is 3.35. The fourth-order valence-corrected chi connectivity index (χ4v) is 3.68. The first-order valence-corrected chi connectivity index (χ1v) is 8.13. The lowest BCUT2D eigenvalue weighted by molar-refractivity contribution is 0.0942. The predicted octanol–water partition coefficient (Wildman–Crippen LogP) is 3.54. The zero-order chi connectivity index (χ0) is 15.6. The summed E-state index contributed by atoms with van der Waals surface area (Å²) in [4.78, 5) is 17.0. The van der Waals surface area contributed by atoms with E-state index in [9.17, 15) is 4.79 Å². The van der Waals surface area contributed by atoms with Crippen LogP contribution in [0.15, 0.2) is 18.5 Å². The number of nitrogens with zero attached hydrogens (tertiary/aromatic N) is 1. The summed E-state index contributed by atoms with van der Waals surface area (Å²) in [5.74, 6) is 1.45. The van der Waals surface area contributed by atoms with E-state index in [-0.39, 0.29) is 5.91 Å². The number of thiophene rings is 1. The summed E-state index contributed by atoms with van der Waals surface area (Å²) in [6.07, 6.45) is 3.44. The molecular formula is C16H23N3OS. The quantitative estimate of drug-likeness (QED) is 0.888. The molecule has 0 aliphatic heterocycles. The number of anilines is 1. The third-order valence-corrected chi connectivity index (χ3v) is 5.10. The first-order chi connectivity index (χ1) is 9.91. The van der Waals surface area contributed by atoms with Crippen LogP contribution >= 0.6 is 11.3 Å². The fourth-order valence-electron chi connectivity index (χ4n) is 2.67. The second-order valence-corrected chi connectivity index (χ2v) is 7.13. The number of carbonyl (C=O) groups excluding carboxylic acids is 1. The highest BCUT2D eigenvalue weighted by Crippen LogP contribution is 2.32. The molecule has 2 heterocycles. The molecule has 0 saturated carbocycles. The number of nitrogens with two attached hydrogens (primary N) is 1. The number of hydrogen-bond donors (Lipinski definition) is 2. The van der Waals surface area contributed by atoms with Crippen molar-refractivity contribution in [3.63, 3.8) is 0 Å². The summed E-state index contributed by atoms with van der Waals surface area (Å²) in [5.41, 5.74) is 6.64. The van der Waals surface area contributed by atoms with E-state index in [4.69, 9.17) is 5.73 Å². The van der Waals surface area contributed by atoms with Crippen LogP contribution in [0.4, 0.5) is 5.69 Å². The summed E-state index contributed by atoms with van der Waals surface area (Å²) in [6.45, 7) is 9.44. The maximum absolute atomic E-state index is 12.4. The van der Waals surface area contributed by atoms with E-state index in [0.29, 0.717) is 34.9 Å². The Labute approximate surface area is 129 Å². The van der Waals surface area contributed by atoms with Crippen molar-refractivity contribution in [2.24, 2.45) is 17.8 Å². The molecule has 0 aliphatic rings. The molecule has 3 N–H and O–H groups in total. The Hall–Kier alpha value is -1.62. The number of fused-ring (bicyclic) bond motifs is 1. The molecule has 0 bridgehead atoms. The van der Waals surface area contributed by atoms with Crippen LogP contribution < -0.4 is 11.1 Å². The molecule has 0 unspecified atom stereocenters. The molecule has 0 saturated heterocycles. The molecule has 114 valence electrons. The van der Waals surface area contributed by atoms with Gasteiger partial charge < -0.3 is 11.1 Å². The smallest absolute Gasteiger partial charge is 0.263 e. The van der Waals surface area contributed by atoms with Crippen LogP contribution in [-0.2, 0) is 0 Å². The molecule has 0 fully saturated rings. The van der Waals surface area contributed by atoms with E-state index in [1.807, 2.05) is 6.07 Å². The largest absolute Gasteiger partial charge is 0.397 e. The van der Waals surface area contributed by atoms with Gasteiger partial charge in [-0.1, -0.05) is 27.7 Å². The number of nitrogen functional groups attached to an aromatic ring is 1. The maximum Gasteiger partial charge on any atom is 0.263 e. The summed E-state index contributed by atoms with van der Waals surface area (Å²) in [5, 5.41) is 3.94. The maximum atomic E-state index is 12.4. The molecule has 2 aromatic rings. The van der Waals surface area contributed by atoms with Gasteiger partial charge in [-0.25, -0.2) is 0 Å². The Morgan fingerprint density at radius 3 is 2.57 bits per heavy atom.